The molecule has 7 heterocycles. The highest BCUT2D eigenvalue weighted by Gasteiger charge is 2.22. The maximum atomic E-state index is 5.38. The molecule has 7 aromatic rings. The van der Waals surface area contributed by atoms with Crippen LogP contribution in [0.5, 0.6) is 0 Å². The summed E-state index contributed by atoms with van der Waals surface area (Å²) in [7, 11) is 0. The number of aromatic nitrogens is 4. The van der Waals surface area contributed by atoms with E-state index in [-0.39, 0.29) is 0 Å². The van der Waals surface area contributed by atoms with Crippen molar-refractivity contribution in [2.24, 2.45) is 0 Å². The van der Waals surface area contributed by atoms with Crippen LogP contribution in [0.15, 0.2) is 47.2 Å². The van der Waals surface area contributed by atoms with Crippen LogP contribution in [-0.2, 0) is 25.7 Å². The van der Waals surface area contributed by atoms with E-state index in [1.807, 2.05) is 56.7 Å². The third-order valence-electron chi connectivity index (χ3n) is 10.7. The highest BCUT2D eigenvalue weighted by atomic mass is 32.1. The van der Waals surface area contributed by atoms with Gasteiger partial charge in [-0.3, -0.25) is 0 Å². The molecule has 7 aromatic heterocycles. The van der Waals surface area contributed by atoms with E-state index in [0.29, 0.717) is 0 Å². The number of unbranched alkanes of at least 4 members (excludes halogenated alkanes) is 12. The Morgan fingerprint density at radius 3 is 1.07 bits per heavy atom. The normalized spacial score (nSPS) is 11.7. The largest absolute Gasteiger partial charge is 0.240 e. The minimum absolute atomic E-state index is 1.03. The summed E-state index contributed by atoms with van der Waals surface area (Å²) in [6, 6.07) is 13.8. The molecule has 0 spiro atoms. The van der Waals surface area contributed by atoms with Crippen LogP contribution in [0.2, 0.25) is 0 Å². The van der Waals surface area contributed by atoms with Gasteiger partial charge < -0.3 is 0 Å². The second kappa shape index (κ2) is 23.2. The van der Waals surface area contributed by atoms with E-state index in [4.69, 9.17) is 19.9 Å². The van der Waals surface area contributed by atoms with Crippen LogP contribution in [0.4, 0.5) is 0 Å². The van der Waals surface area contributed by atoms with E-state index >= 15 is 0 Å². The van der Waals surface area contributed by atoms with E-state index in [9.17, 15) is 0 Å². The molecule has 314 valence electrons. The summed E-state index contributed by atoms with van der Waals surface area (Å²) < 4.78 is 0. The standard InChI is InChI=1S/C48H60N4S7/c1-5-9-13-17-21-33-31-53-45(49-33)39-27-29-41(56-39)47-51-35(23-19-15-11-7-3)43(58-47)37-25-26-38(55-37)44-36(24-20-16-12-8-4)52-48(59-44)42-30-28-40(57-42)46-50-34(32-54-46)22-18-14-10-6-2/h25-32H,5-24H2,1-4H3. The zero-order valence-electron chi connectivity index (χ0n) is 35.4. The second-order valence-corrected chi connectivity index (χ2v) is 22.6. The Kier molecular flexibility index (Phi) is 17.5. The van der Waals surface area contributed by atoms with Gasteiger partial charge in [-0.25, -0.2) is 19.9 Å². The fourth-order valence-electron chi connectivity index (χ4n) is 7.33. The molecule has 0 radical (unpaired) electrons. The van der Waals surface area contributed by atoms with Crippen LogP contribution in [0.3, 0.4) is 0 Å². The summed E-state index contributed by atoms with van der Waals surface area (Å²) in [6.07, 6.45) is 24.4. The fourth-order valence-corrected chi connectivity index (χ4v) is 14.8. The molecule has 0 N–H and O–H groups in total. The van der Waals surface area contributed by atoms with Crippen LogP contribution in [-0.4, -0.2) is 19.9 Å². The van der Waals surface area contributed by atoms with Gasteiger partial charge in [-0.15, -0.1) is 79.4 Å². The van der Waals surface area contributed by atoms with Crippen molar-refractivity contribution in [2.45, 2.75) is 156 Å². The fraction of sp³-hybridized carbons (Fsp3) is 0.500. The molecule has 0 atom stereocenters. The molecule has 0 aliphatic rings. The Labute approximate surface area is 381 Å². The summed E-state index contributed by atoms with van der Waals surface area (Å²) in [5, 5.41) is 9.09. The van der Waals surface area contributed by atoms with Crippen molar-refractivity contribution in [3.8, 4) is 59.0 Å². The van der Waals surface area contributed by atoms with Gasteiger partial charge >= 0.3 is 0 Å². The average molecular weight is 918 g/mol. The maximum Gasteiger partial charge on any atom is 0.134 e. The van der Waals surface area contributed by atoms with Gasteiger partial charge in [0.2, 0.25) is 0 Å². The molecule has 0 aliphatic heterocycles. The van der Waals surface area contributed by atoms with Gasteiger partial charge in [0, 0.05) is 20.5 Å². The monoisotopic (exact) mass is 916 g/mol. The molecule has 11 heteroatoms. The molecule has 0 saturated heterocycles. The minimum Gasteiger partial charge on any atom is -0.240 e. The summed E-state index contributed by atoms with van der Waals surface area (Å²) in [5.74, 6) is 0. The molecule has 7 rings (SSSR count). The van der Waals surface area contributed by atoms with Gasteiger partial charge in [-0.2, -0.15) is 0 Å². The first-order chi connectivity index (χ1) is 29.1. The van der Waals surface area contributed by atoms with E-state index < -0.39 is 0 Å². The molecular weight excluding hydrogens is 857 g/mol. The van der Waals surface area contributed by atoms with Crippen molar-refractivity contribution >= 4 is 79.4 Å². The Morgan fingerprint density at radius 2 is 0.678 bits per heavy atom. The number of nitrogens with zero attached hydrogens (tertiary/aromatic N) is 4. The number of thiophene rings is 3. The Hall–Kier alpha value is -2.38. The predicted octanol–water partition coefficient (Wildman–Crippen LogP) is 18.2. The van der Waals surface area contributed by atoms with E-state index in [2.05, 4.69) is 74.9 Å². The van der Waals surface area contributed by atoms with Gasteiger partial charge in [0.1, 0.15) is 20.0 Å². The second-order valence-electron chi connectivity index (χ2n) is 15.6. The van der Waals surface area contributed by atoms with Crippen molar-refractivity contribution in [1.29, 1.82) is 0 Å². The third-order valence-corrected chi connectivity index (χ3v) is 19.0. The Bertz CT molecular complexity index is 2130. The number of hydrogen-bond donors (Lipinski definition) is 0. The van der Waals surface area contributed by atoms with Crippen LogP contribution < -0.4 is 0 Å². The van der Waals surface area contributed by atoms with Crippen LogP contribution in [0.25, 0.3) is 59.0 Å². The van der Waals surface area contributed by atoms with E-state index in [0.717, 1.165) is 45.7 Å². The number of rotatable bonds is 26. The van der Waals surface area contributed by atoms with Crippen molar-refractivity contribution in [3.05, 3.63) is 69.9 Å². The van der Waals surface area contributed by atoms with Crippen LogP contribution in [0, 0.1) is 0 Å². The van der Waals surface area contributed by atoms with Gasteiger partial charge in [0.05, 0.1) is 52.0 Å². The molecule has 4 nitrogen and oxygen atoms in total. The highest BCUT2D eigenvalue weighted by Crippen LogP contribution is 2.47. The van der Waals surface area contributed by atoms with E-state index in [1.54, 1.807) is 22.7 Å². The molecule has 0 aromatic carbocycles. The molecule has 59 heavy (non-hydrogen) atoms. The van der Waals surface area contributed by atoms with Gasteiger partial charge in [0.15, 0.2) is 0 Å². The van der Waals surface area contributed by atoms with Gasteiger partial charge in [-0.1, -0.05) is 105 Å². The van der Waals surface area contributed by atoms with Crippen molar-refractivity contribution in [2.75, 3.05) is 0 Å². The SMILES string of the molecule is CCCCCCc1csc(-c2ccc(-c3nc(CCCCCC)c(-c4ccc(-c5sc(-c6ccc(-c7nc(CCCCCC)cs7)s6)nc5CCCCCC)s4)s3)s2)n1. The first-order valence-corrected chi connectivity index (χ1v) is 28.1. The zero-order chi connectivity index (χ0) is 40.8. The molecule has 0 fully saturated rings. The quantitative estimate of drug-likeness (QED) is 0.0508. The number of hydrogen-bond acceptors (Lipinski definition) is 11. The minimum atomic E-state index is 1.03. The Balaban J connectivity index is 1.13. The van der Waals surface area contributed by atoms with Crippen molar-refractivity contribution < 1.29 is 0 Å². The number of aryl methyl sites for hydroxylation is 4. The Morgan fingerprint density at radius 1 is 0.339 bits per heavy atom. The summed E-state index contributed by atoms with van der Waals surface area (Å²) in [4.78, 5) is 31.2. The van der Waals surface area contributed by atoms with Gasteiger partial charge in [-0.05, 0) is 87.8 Å². The lowest BCUT2D eigenvalue weighted by Crippen LogP contribution is -1.89. The lowest BCUT2D eigenvalue weighted by atomic mass is 10.1. The van der Waals surface area contributed by atoms with E-state index in [1.165, 1.54) is 165 Å². The first kappa shape index (κ1) is 44.7. The molecule has 0 aliphatic carbocycles. The zero-order valence-corrected chi connectivity index (χ0v) is 41.1. The third kappa shape index (κ3) is 12.2. The molecule has 0 bridgehead atoms. The van der Waals surface area contributed by atoms with Gasteiger partial charge in [0.25, 0.3) is 0 Å². The average Bonchev–Trinajstić information content (AvgIpc) is 4.10. The lowest BCUT2D eigenvalue weighted by Gasteiger charge is -2.01. The summed E-state index contributed by atoms with van der Waals surface area (Å²) in [5.41, 5.74) is 5.00. The predicted molar refractivity (Wildman–Crippen MR) is 267 cm³/mol. The van der Waals surface area contributed by atoms with Crippen LogP contribution in [0.1, 0.15) is 153 Å². The smallest absolute Gasteiger partial charge is 0.134 e. The van der Waals surface area contributed by atoms with Crippen molar-refractivity contribution in [1.82, 2.24) is 19.9 Å². The lowest BCUT2D eigenvalue weighted by molar-refractivity contribution is 0.662. The molecular formula is C48H60N4S7. The number of thiazole rings is 4. The molecule has 0 saturated carbocycles. The topological polar surface area (TPSA) is 51.6 Å². The maximum absolute atomic E-state index is 5.38. The molecule has 0 unspecified atom stereocenters. The summed E-state index contributed by atoms with van der Waals surface area (Å²) in [6.45, 7) is 9.12. The first-order valence-electron chi connectivity index (χ1n) is 22.3. The summed E-state index contributed by atoms with van der Waals surface area (Å²) >= 11 is 13.0. The van der Waals surface area contributed by atoms with Crippen LogP contribution >= 0.6 is 79.4 Å². The molecule has 0 amide bonds. The highest BCUT2D eigenvalue weighted by molar-refractivity contribution is 7.30. The van der Waals surface area contributed by atoms with Crippen molar-refractivity contribution in [3.63, 3.8) is 0 Å².